The molecular weight excluding hydrogens is 310 g/mol. The molecular formula is C15H18ClNO3S. The first kappa shape index (κ1) is 14.9. The van der Waals surface area contributed by atoms with Crippen molar-refractivity contribution in [1.82, 2.24) is 5.32 Å². The van der Waals surface area contributed by atoms with Crippen molar-refractivity contribution in [2.24, 2.45) is 5.92 Å². The number of hydrogen-bond acceptors (Lipinski definition) is 3. The molecule has 0 unspecified atom stereocenters. The molecule has 0 radical (unpaired) electrons. The molecule has 1 saturated carbocycles. The topological polar surface area (TPSA) is 63.2 Å². The lowest BCUT2D eigenvalue weighted by Gasteiger charge is -2.17. The van der Waals surface area contributed by atoms with Crippen LogP contribution in [-0.4, -0.2) is 32.4 Å². The van der Waals surface area contributed by atoms with E-state index >= 15 is 0 Å². The second kappa shape index (κ2) is 5.29. The number of sulfone groups is 1. The van der Waals surface area contributed by atoms with E-state index < -0.39 is 15.3 Å². The van der Waals surface area contributed by atoms with Gasteiger partial charge in [0, 0.05) is 11.6 Å². The van der Waals surface area contributed by atoms with Gasteiger partial charge >= 0.3 is 0 Å². The van der Waals surface area contributed by atoms with Crippen LogP contribution in [0.4, 0.5) is 0 Å². The van der Waals surface area contributed by atoms with E-state index in [0.717, 1.165) is 18.4 Å². The van der Waals surface area contributed by atoms with Crippen LogP contribution in [0.1, 0.15) is 24.8 Å². The Bertz CT molecular complexity index is 667. The highest BCUT2D eigenvalue weighted by molar-refractivity contribution is 7.91. The number of carbonyl (C=O) groups excluding carboxylic acids is 1. The minimum absolute atomic E-state index is 0.00550. The molecule has 6 heteroatoms. The molecule has 2 aliphatic rings. The van der Waals surface area contributed by atoms with Crippen molar-refractivity contribution in [1.29, 1.82) is 0 Å². The molecule has 1 saturated heterocycles. The van der Waals surface area contributed by atoms with E-state index in [-0.39, 0.29) is 23.3 Å². The van der Waals surface area contributed by atoms with Crippen LogP contribution in [-0.2, 0) is 20.0 Å². The van der Waals surface area contributed by atoms with Gasteiger partial charge in [-0.3, -0.25) is 4.79 Å². The van der Waals surface area contributed by atoms with Crippen molar-refractivity contribution < 1.29 is 13.2 Å². The second-order valence-electron chi connectivity index (χ2n) is 6.07. The monoisotopic (exact) mass is 327 g/mol. The maximum atomic E-state index is 12.5. The lowest BCUT2D eigenvalue weighted by Crippen LogP contribution is -2.37. The molecule has 1 aliphatic carbocycles. The Morgan fingerprint density at radius 1 is 1.38 bits per heavy atom. The molecule has 2 fully saturated rings. The Labute approximate surface area is 129 Å². The molecule has 114 valence electrons. The fourth-order valence-corrected chi connectivity index (χ4v) is 5.05. The van der Waals surface area contributed by atoms with Gasteiger partial charge in [0.25, 0.3) is 0 Å². The van der Waals surface area contributed by atoms with Crippen molar-refractivity contribution in [3.8, 4) is 0 Å². The molecule has 0 spiro atoms. The molecule has 21 heavy (non-hydrogen) atoms. The predicted octanol–water partition coefficient (Wildman–Crippen LogP) is 1.92. The summed E-state index contributed by atoms with van der Waals surface area (Å²) in [7, 11) is -2.89. The number of carbonyl (C=O) groups is 1. The average Bonchev–Trinajstić information content (AvgIpc) is 3.16. The van der Waals surface area contributed by atoms with Gasteiger partial charge in [0.2, 0.25) is 5.91 Å². The van der Waals surface area contributed by atoms with E-state index in [1.54, 1.807) is 6.07 Å². The SMILES string of the molecule is O=C(NC[C@@H]1CCS(=O)(=O)C1)C1(c2cccc(Cl)c2)CC1. The Morgan fingerprint density at radius 2 is 2.14 bits per heavy atom. The maximum absolute atomic E-state index is 12.5. The highest BCUT2D eigenvalue weighted by atomic mass is 35.5. The summed E-state index contributed by atoms with van der Waals surface area (Å²) in [5.74, 6) is 0.480. The molecule has 0 aromatic heterocycles. The van der Waals surface area contributed by atoms with Crippen LogP contribution in [0.3, 0.4) is 0 Å². The molecule has 1 N–H and O–H groups in total. The van der Waals surface area contributed by atoms with Crippen LogP contribution in [0, 0.1) is 5.92 Å². The number of benzene rings is 1. The van der Waals surface area contributed by atoms with E-state index in [9.17, 15) is 13.2 Å². The largest absolute Gasteiger partial charge is 0.355 e. The van der Waals surface area contributed by atoms with Crippen LogP contribution in [0.15, 0.2) is 24.3 Å². The van der Waals surface area contributed by atoms with Crippen LogP contribution < -0.4 is 5.32 Å². The fourth-order valence-electron chi connectivity index (χ4n) is 3.00. The first-order chi connectivity index (χ1) is 9.91. The van der Waals surface area contributed by atoms with E-state index in [0.29, 0.717) is 18.0 Å². The minimum Gasteiger partial charge on any atom is -0.355 e. The van der Waals surface area contributed by atoms with E-state index in [1.165, 1.54) is 0 Å². The molecule has 3 rings (SSSR count). The molecule has 1 atom stereocenters. The standard InChI is InChI=1S/C15H18ClNO3S/c16-13-3-1-2-12(8-13)15(5-6-15)14(18)17-9-11-4-7-21(19,20)10-11/h1-3,8,11H,4-7,9-10H2,(H,17,18)/t11-/m0/s1. The van der Waals surface area contributed by atoms with Gasteiger partial charge in [0.1, 0.15) is 0 Å². The Morgan fingerprint density at radius 3 is 2.71 bits per heavy atom. The number of nitrogens with one attached hydrogen (secondary N) is 1. The first-order valence-corrected chi connectivity index (χ1v) is 9.36. The summed E-state index contributed by atoms with van der Waals surface area (Å²) in [4.78, 5) is 12.5. The van der Waals surface area contributed by atoms with E-state index in [1.807, 2.05) is 18.2 Å². The first-order valence-electron chi connectivity index (χ1n) is 7.16. The summed E-state index contributed by atoms with van der Waals surface area (Å²) in [6.07, 6.45) is 2.29. The minimum atomic E-state index is -2.89. The Kier molecular flexibility index (Phi) is 3.74. The molecule has 4 nitrogen and oxygen atoms in total. The van der Waals surface area contributed by atoms with Gasteiger partial charge in [-0.15, -0.1) is 0 Å². The van der Waals surface area contributed by atoms with Crippen LogP contribution >= 0.6 is 11.6 Å². The molecule has 0 bridgehead atoms. The number of hydrogen-bond donors (Lipinski definition) is 1. The molecule has 1 aromatic rings. The summed E-state index contributed by atoms with van der Waals surface area (Å²) in [5, 5.41) is 3.57. The van der Waals surface area contributed by atoms with Crippen LogP contribution in [0.5, 0.6) is 0 Å². The molecule has 1 heterocycles. The summed E-state index contributed by atoms with van der Waals surface area (Å²) >= 11 is 6.00. The highest BCUT2D eigenvalue weighted by Gasteiger charge is 2.51. The number of amides is 1. The fraction of sp³-hybridized carbons (Fsp3) is 0.533. The van der Waals surface area contributed by atoms with Gasteiger partial charge in [-0.1, -0.05) is 23.7 Å². The van der Waals surface area contributed by atoms with Crippen molar-refractivity contribution in [3.05, 3.63) is 34.9 Å². The van der Waals surface area contributed by atoms with Gasteiger partial charge in [-0.2, -0.15) is 0 Å². The Balaban J connectivity index is 1.63. The quantitative estimate of drug-likeness (QED) is 0.919. The van der Waals surface area contributed by atoms with Gasteiger partial charge in [0.15, 0.2) is 9.84 Å². The highest BCUT2D eigenvalue weighted by Crippen LogP contribution is 2.48. The van der Waals surface area contributed by atoms with E-state index in [4.69, 9.17) is 11.6 Å². The average molecular weight is 328 g/mol. The summed E-state index contributed by atoms with van der Waals surface area (Å²) < 4.78 is 22.9. The third-order valence-corrected chi connectivity index (χ3v) is 6.51. The van der Waals surface area contributed by atoms with Gasteiger partial charge in [0.05, 0.1) is 16.9 Å². The van der Waals surface area contributed by atoms with Gasteiger partial charge in [-0.25, -0.2) is 8.42 Å². The zero-order valence-electron chi connectivity index (χ0n) is 11.6. The molecule has 1 amide bonds. The smallest absolute Gasteiger partial charge is 0.230 e. The third kappa shape index (κ3) is 3.09. The number of halogens is 1. The summed E-state index contributed by atoms with van der Waals surface area (Å²) in [5.41, 5.74) is 0.495. The molecule has 1 aromatic carbocycles. The van der Waals surface area contributed by atoms with Crippen molar-refractivity contribution in [2.75, 3.05) is 18.1 Å². The van der Waals surface area contributed by atoms with Gasteiger partial charge < -0.3 is 5.32 Å². The summed E-state index contributed by atoms with van der Waals surface area (Å²) in [6.45, 7) is 0.445. The second-order valence-corrected chi connectivity index (χ2v) is 8.74. The lowest BCUT2D eigenvalue weighted by molar-refractivity contribution is -0.123. The van der Waals surface area contributed by atoms with E-state index in [2.05, 4.69) is 5.32 Å². The third-order valence-electron chi connectivity index (χ3n) is 4.44. The normalized spacial score (nSPS) is 25.5. The van der Waals surface area contributed by atoms with Crippen molar-refractivity contribution in [3.63, 3.8) is 0 Å². The molecule has 1 aliphatic heterocycles. The predicted molar refractivity (Wildman–Crippen MR) is 82.1 cm³/mol. The van der Waals surface area contributed by atoms with Crippen LogP contribution in [0.2, 0.25) is 5.02 Å². The maximum Gasteiger partial charge on any atom is 0.230 e. The number of rotatable bonds is 4. The van der Waals surface area contributed by atoms with Crippen LogP contribution in [0.25, 0.3) is 0 Å². The van der Waals surface area contributed by atoms with Crippen molar-refractivity contribution in [2.45, 2.75) is 24.7 Å². The Hall–Kier alpha value is -1.07. The van der Waals surface area contributed by atoms with Crippen molar-refractivity contribution >= 4 is 27.3 Å². The zero-order chi connectivity index (χ0) is 15.1. The summed E-state index contributed by atoms with van der Waals surface area (Å²) in [6, 6.07) is 7.42. The lowest BCUT2D eigenvalue weighted by atomic mass is 9.94. The van der Waals surface area contributed by atoms with Gasteiger partial charge in [-0.05, 0) is 42.9 Å². The zero-order valence-corrected chi connectivity index (χ0v) is 13.2.